The minimum atomic E-state index is -0.712. The average molecular weight is 260 g/mol. The van der Waals surface area contributed by atoms with Crippen LogP contribution in [0, 0.1) is 0 Å². The van der Waals surface area contributed by atoms with Crippen LogP contribution in [0.2, 0.25) is 0 Å². The van der Waals surface area contributed by atoms with Gasteiger partial charge in [-0.1, -0.05) is 18.2 Å². The van der Waals surface area contributed by atoms with Crippen LogP contribution in [0.5, 0.6) is 0 Å². The van der Waals surface area contributed by atoms with Gasteiger partial charge in [-0.3, -0.25) is 4.79 Å². The van der Waals surface area contributed by atoms with Crippen molar-refractivity contribution in [2.75, 3.05) is 37.6 Å². The molecule has 0 bridgehead atoms. The molecule has 102 valence electrons. The Labute approximate surface area is 113 Å². The van der Waals surface area contributed by atoms with Crippen molar-refractivity contribution in [3.05, 3.63) is 29.8 Å². The Kier molecular flexibility index (Phi) is 3.42. The largest absolute Gasteiger partial charge is 0.481 e. The lowest BCUT2D eigenvalue weighted by atomic mass is 10.0. The van der Waals surface area contributed by atoms with Gasteiger partial charge in [0.25, 0.3) is 0 Å². The highest BCUT2D eigenvalue weighted by atomic mass is 16.4. The van der Waals surface area contributed by atoms with Crippen molar-refractivity contribution in [3.8, 4) is 0 Å². The molecule has 1 aromatic carbocycles. The summed E-state index contributed by atoms with van der Waals surface area (Å²) in [7, 11) is 0. The van der Waals surface area contributed by atoms with Crippen LogP contribution in [-0.4, -0.2) is 48.7 Å². The van der Waals surface area contributed by atoms with Crippen molar-refractivity contribution in [3.63, 3.8) is 0 Å². The van der Waals surface area contributed by atoms with Crippen LogP contribution in [-0.2, 0) is 4.79 Å². The van der Waals surface area contributed by atoms with Gasteiger partial charge >= 0.3 is 5.97 Å². The van der Waals surface area contributed by atoms with Crippen LogP contribution in [0.4, 0.5) is 5.69 Å². The first-order valence-corrected chi connectivity index (χ1v) is 7.05. The molecule has 2 heterocycles. The van der Waals surface area contributed by atoms with Crippen LogP contribution >= 0.6 is 0 Å². The van der Waals surface area contributed by atoms with E-state index < -0.39 is 5.97 Å². The Hall–Kier alpha value is -1.55. The van der Waals surface area contributed by atoms with E-state index in [-0.39, 0.29) is 5.92 Å². The highest BCUT2D eigenvalue weighted by Gasteiger charge is 2.33. The summed E-state index contributed by atoms with van der Waals surface area (Å²) in [5, 5.41) is 9.32. The molecule has 1 aromatic rings. The van der Waals surface area contributed by atoms with E-state index in [9.17, 15) is 9.90 Å². The SMILES string of the molecule is O=C(O)C1CN(CCN2CCCC2)c2ccccc21. The summed E-state index contributed by atoms with van der Waals surface area (Å²) in [6, 6.07) is 7.91. The van der Waals surface area contributed by atoms with E-state index in [1.807, 2.05) is 24.3 Å². The first-order chi connectivity index (χ1) is 9.25. The molecular weight excluding hydrogens is 240 g/mol. The Morgan fingerprint density at radius 1 is 1.21 bits per heavy atom. The minimum Gasteiger partial charge on any atom is -0.481 e. The predicted molar refractivity (Wildman–Crippen MR) is 74.7 cm³/mol. The Morgan fingerprint density at radius 3 is 2.68 bits per heavy atom. The highest BCUT2D eigenvalue weighted by molar-refractivity contribution is 5.82. The molecule has 0 aromatic heterocycles. The number of aliphatic carboxylic acids is 1. The van der Waals surface area contributed by atoms with Crippen molar-refractivity contribution in [2.45, 2.75) is 18.8 Å². The minimum absolute atomic E-state index is 0.366. The quantitative estimate of drug-likeness (QED) is 0.896. The van der Waals surface area contributed by atoms with Crippen LogP contribution < -0.4 is 4.90 Å². The topological polar surface area (TPSA) is 43.8 Å². The average Bonchev–Trinajstić information content (AvgIpc) is 3.04. The van der Waals surface area contributed by atoms with E-state index in [0.29, 0.717) is 6.54 Å². The van der Waals surface area contributed by atoms with Gasteiger partial charge in [-0.25, -0.2) is 0 Å². The maximum atomic E-state index is 11.3. The summed E-state index contributed by atoms with van der Waals surface area (Å²) >= 11 is 0. The second-order valence-corrected chi connectivity index (χ2v) is 5.44. The molecule has 1 unspecified atom stereocenters. The van der Waals surface area contributed by atoms with E-state index in [2.05, 4.69) is 9.80 Å². The van der Waals surface area contributed by atoms with Gasteiger partial charge in [-0.15, -0.1) is 0 Å². The zero-order valence-electron chi connectivity index (χ0n) is 11.1. The lowest BCUT2D eigenvalue weighted by Crippen LogP contribution is -2.33. The number of carboxylic acids is 1. The van der Waals surface area contributed by atoms with Gasteiger partial charge in [0.1, 0.15) is 5.92 Å². The first kappa shape index (κ1) is 12.5. The van der Waals surface area contributed by atoms with E-state index in [0.717, 1.165) is 24.3 Å². The summed E-state index contributed by atoms with van der Waals surface area (Å²) in [5.41, 5.74) is 2.07. The molecule has 1 fully saturated rings. The number of likely N-dealkylation sites (tertiary alicyclic amines) is 1. The highest BCUT2D eigenvalue weighted by Crippen LogP contribution is 2.35. The molecule has 1 saturated heterocycles. The van der Waals surface area contributed by atoms with Crippen molar-refractivity contribution < 1.29 is 9.90 Å². The molecule has 0 aliphatic carbocycles. The van der Waals surface area contributed by atoms with E-state index in [4.69, 9.17) is 0 Å². The summed E-state index contributed by atoms with van der Waals surface area (Å²) in [6.07, 6.45) is 2.60. The predicted octanol–water partition coefficient (Wildman–Crippen LogP) is 1.77. The van der Waals surface area contributed by atoms with E-state index >= 15 is 0 Å². The maximum absolute atomic E-state index is 11.3. The summed E-state index contributed by atoms with van der Waals surface area (Å²) in [4.78, 5) is 16.0. The molecule has 0 spiro atoms. The summed E-state index contributed by atoms with van der Waals surface area (Å²) in [5.74, 6) is -1.08. The molecule has 3 rings (SSSR count). The molecule has 2 aliphatic rings. The van der Waals surface area contributed by atoms with Crippen molar-refractivity contribution in [1.29, 1.82) is 0 Å². The third-order valence-electron chi connectivity index (χ3n) is 4.24. The van der Waals surface area contributed by atoms with E-state index in [1.165, 1.54) is 25.9 Å². The molecule has 0 amide bonds. The number of benzene rings is 1. The second-order valence-electron chi connectivity index (χ2n) is 5.44. The van der Waals surface area contributed by atoms with Crippen LogP contribution in [0.3, 0.4) is 0 Å². The van der Waals surface area contributed by atoms with Crippen molar-refractivity contribution in [2.24, 2.45) is 0 Å². The van der Waals surface area contributed by atoms with Gasteiger partial charge in [-0.2, -0.15) is 0 Å². The van der Waals surface area contributed by atoms with Crippen molar-refractivity contribution in [1.82, 2.24) is 4.90 Å². The normalized spacial score (nSPS) is 22.7. The smallest absolute Gasteiger partial charge is 0.312 e. The number of hydrogen-bond donors (Lipinski definition) is 1. The zero-order chi connectivity index (χ0) is 13.2. The fourth-order valence-corrected chi connectivity index (χ4v) is 3.18. The number of nitrogens with zero attached hydrogens (tertiary/aromatic N) is 2. The number of carboxylic acid groups (broad SMARTS) is 1. The molecule has 1 atom stereocenters. The fraction of sp³-hybridized carbons (Fsp3) is 0.533. The number of carbonyl (C=O) groups is 1. The monoisotopic (exact) mass is 260 g/mol. The summed E-state index contributed by atoms with van der Waals surface area (Å²) in [6.45, 7) is 4.97. The van der Waals surface area contributed by atoms with Gasteiger partial charge in [0.05, 0.1) is 0 Å². The van der Waals surface area contributed by atoms with Crippen molar-refractivity contribution >= 4 is 11.7 Å². The summed E-state index contributed by atoms with van der Waals surface area (Å²) < 4.78 is 0. The Bertz CT molecular complexity index is 469. The zero-order valence-corrected chi connectivity index (χ0v) is 11.1. The Morgan fingerprint density at radius 2 is 1.95 bits per heavy atom. The van der Waals surface area contributed by atoms with Crippen LogP contribution in [0.15, 0.2) is 24.3 Å². The first-order valence-electron chi connectivity index (χ1n) is 7.05. The number of fused-ring (bicyclic) bond motifs is 1. The van der Waals surface area contributed by atoms with Gasteiger partial charge in [0.2, 0.25) is 0 Å². The fourth-order valence-electron chi connectivity index (χ4n) is 3.18. The molecule has 0 saturated carbocycles. The third-order valence-corrected chi connectivity index (χ3v) is 4.24. The number of rotatable bonds is 4. The van der Waals surface area contributed by atoms with Crippen LogP contribution in [0.25, 0.3) is 0 Å². The number of hydrogen-bond acceptors (Lipinski definition) is 3. The Balaban J connectivity index is 1.71. The van der Waals surface area contributed by atoms with Gasteiger partial charge in [0, 0.05) is 25.3 Å². The third kappa shape index (κ3) is 2.45. The molecule has 0 radical (unpaired) electrons. The van der Waals surface area contributed by atoms with Gasteiger partial charge in [-0.05, 0) is 37.6 Å². The molecule has 4 heteroatoms. The number of para-hydroxylation sites is 1. The second kappa shape index (κ2) is 5.21. The number of anilines is 1. The van der Waals surface area contributed by atoms with Gasteiger partial charge < -0.3 is 14.9 Å². The molecule has 4 nitrogen and oxygen atoms in total. The molecule has 1 N–H and O–H groups in total. The van der Waals surface area contributed by atoms with E-state index in [1.54, 1.807) is 0 Å². The van der Waals surface area contributed by atoms with Crippen LogP contribution in [0.1, 0.15) is 24.3 Å². The molecular formula is C15H20N2O2. The maximum Gasteiger partial charge on any atom is 0.312 e. The lowest BCUT2D eigenvalue weighted by Gasteiger charge is -2.23. The standard InChI is InChI=1S/C15H20N2O2/c18-15(19)13-11-17(10-9-16-7-3-4-8-16)14-6-2-1-5-12(13)14/h1-2,5-6,13H,3-4,7-11H2,(H,18,19). The molecule has 19 heavy (non-hydrogen) atoms. The molecule has 2 aliphatic heterocycles. The van der Waals surface area contributed by atoms with Gasteiger partial charge in [0.15, 0.2) is 0 Å². The lowest BCUT2D eigenvalue weighted by molar-refractivity contribution is -0.138.